The lowest BCUT2D eigenvalue weighted by Gasteiger charge is -2.17. The lowest BCUT2D eigenvalue weighted by Crippen LogP contribution is -1.97. The number of rotatable bonds is 6. The molecule has 0 atom stereocenters. The van der Waals surface area contributed by atoms with E-state index in [2.05, 4.69) is 88.4 Å². The Morgan fingerprint density at radius 1 is 0.462 bits per heavy atom. The SMILES string of the molecule is CCc1cccc(CC)c1-c1cccc(-c2c(CC)cccc2CC)c1. The largest absolute Gasteiger partial charge is 0.0617 e. The maximum absolute atomic E-state index is 2.40. The fourth-order valence-electron chi connectivity index (χ4n) is 4.06. The van der Waals surface area contributed by atoms with Crippen LogP contribution in [-0.4, -0.2) is 0 Å². The molecule has 134 valence electrons. The minimum atomic E-state index is 1.07. The minimum Gasteiger partial charge on any atom is -0.0617 e. The maximum Gasteiger partial charge on any atom is -0.0120 e. The van der Waals surface area contributed by atoms with Crippen LogP contribution in [0.15, 0.2) is 60.7 Å². The molecule has 0 amide bonds. The van der Waals surface area contributed by atoms with Crippen molar-refractivity contribution in [2.75, 3.05) is 0 Å². The smallest absolute Gasteiger partial charge is 0.0120 e. The summed E-state index contributed by atoms with van der Waals surface area (Å²) in [6.07, 6.45) is 4.27. The first kappa shape index (κ1) is 18.5. The lowest BCUT2D eigenvalue weighted by molar-refractivity contribution is 1.09. The summed E-state index contributed by atoms with van der Waals surface area (Å²) in [4.78, 5) is 0. The predicted octanol–water partition coefficient (Wildman–Crippen LogP) is 7.27. The van der Waals surface area contributed by atoms with Gasteiger partial charge in [-0.2, -0.15) is 0 Å². The molecule has 0 nitrogen and oxygen atoms in total. The summed E-state index contributed by atoms with van der Waals surface area (Å²) in [5.74, 6) is 0. The topological polar surface area (TPSA) is 0 Å². The molecule has 0 aliphatic rings. The van der Waals surface area contributed by atoms with Gasteiger partial charge < -0.3 is 0 Å². The number of hydrogen-bond acceptors (Lipinski definition) is 0. The molecule has 0 spiro atoms. The molecule has 3 rings (SSSR count). The van der Waals surface area contributed by atoms with Crippen LogP contribution in [0.5, 0.6) is 0 Å². The third kappa shape index (κ3) is 3.46. The Bertz CT molecular complexity index is 771. The summed E-state index contributed by atoms with van der Waals surface area (Å²) in [6.45, 7) is 9.01. The van der Waals surface area contributed by atoms with E-state index < -0.39 is 0 Å². The molecule has 3 aromatic carbocycles. The zero-order chi connectivity index (χ0) is 18.5. The van der Waals surface area contributed by atoms with Gasteiger partial charge in [0.05, 0.1) is 0 Å². The van der Waals surface area contributed by atoms with Crippen LogP contribution in [0, 0.1) is 0 Å². The highest BCUT2D eigenvalue weighted by Crippen LogP contribution is 2.35. The molecule has 0 heterocycles. The zero-order valence-electron chi connectivity index (χ0n) is 16.6. The molecule has 0 aliphatic carbocycles. The minimum absolute atomic E-state index is 1.07. The second-order valence-electron chi connectivity index (χ2n) is 6.90. The average molecular weight is 343 g/mol. The molecule has 0 N–H and O–H groups in total. The van der Waals surface area contributed by atoms with Gasteiger partial charge in [0.1, 0.15) is 0 Å². The van der Waals surface area contributed by atoms with Gasteiger partial charge in [-0.15, -0.1) is 0 Å². The maximum atomic E-state index is 2.40. The first-order valence-electron chi connectivity index (χ1n) is 10.1. The summed E-state index contributed by atoms with van der Waals surface area (Å²) in [7, 11) is 0. The van der Waals surface area contributed by atoms with Gasteiger partial charge in [0, 0.05) is 0 Å². The molecule has 0 fully saturated rings. The van der Waals surface area contributed by atoms with Crippen LogP contribution in [0.2, 0.25) is 0 Å². The molecule has 0 saturated heterocycles. The molecule has 0 bridgehead atoms. The van der Waals surface area contributed by atoms with E-state index in [1.54, 1.807) is 0 Å². The number of hydrogen-bond donors (Lipinski definition) is 0. The fourth-order valence-corrected chi connectivity index (χ4v) is 4.06. The van der Waals surface area contributed by atoms with Gasteiger partial charge in [-0.25, -0.2) is 0 Å². The van der Waals surface area contributed by atoms with Gasteiger partial charge in [-0.1, -0.05) is 82.3 Å². The van der Waals surface area contributed by atoms with Crippen LogP contribution in [0.4, 0.5) is 0 Å². The quantitative estimate of drug-likeness (QED) is 0.442. The van der Waals surface area contributed by atoms with Crippen molar-refractivity contribution in [3.63, 3.8) is 0 Å². The van der Waals surface area contributed by atoms with Crippen molar-refractivity contribution in [3.8, 4) is 22.3 Å². The fraction of sp³-hybridized carbons (Fsp3) is 0.308. The van der Waals surface area contributed by atoms with Crippen LogP contribution in [0.25, 0.3) is 22.3 Å². The molecular weight excluding hydrogens is 312 g/mol. The van der Waals surface area contributed by atoms with Gasteiger partial charge in [0.15, 0.2) is 0 Å². The second-order valence-corrected chi connectivity index (χ2v) is 6.90. The molecule has 3 aromatic rings. The molecule has 0 heteroatoms. The number of benzene rings is 3. The predicted molar refractivity (Wildman–Crippen MR) is 115 cm³/mol. The van der Waals surface area contributed by atoms with Crippen LogP contribution in [0.3, 0.4) is 0 Å². The van der Waals surface area contributed by atoms with E-state index in [-0.39, 0.29) is 0 Å². The Labute approximate surface area is 158 Å². The van der Waals surface area contributed by atoms with Crippen molar-refractivity contribution in [1.82, 2.24) is 0 Å². The van der Waals surface area contributed by atoms with E-state index in [4.69, 9.17) is 0 Å². The van der Waals surface area contributed by atoms with Gasteiger partial charge in [0.25, 0.3) is 0 Å². The Morgan fingerprint density at radius 2 is 0.769 bits per heavy atom. The summed E-state index contributed by atoms with van der Waals surface area (Å²) >= 11 is 0. The van der Waals surface area contributed by atoms with E-state index >= 15 is 0 Å². The van der Waals surface area contributed by atoms with Crippen LogP contribution in [0.1, 0.15) is 49.9 Å². The van der Waals surface area contributed by atoms with E-state index in [0.29, 0.717) is 0 Å². The highest BCUT2D eigenvalue weighted by atomic mass is 14.2. The van der Waals surface area contributed by atoms with Crippen molar-refractivity contribution in [2.45, 2.75) is 53.4 Å². The average Bonchev–Trinajstić information content (AvgIpc) is 2.72. The number of aryl methyl sites for hydroxylation is 4. The lowest BCUT2D eigenvalue weighted by atomic mass is 9.87. The monoisotopic (exact) mass is 342 g/mol. The van der Waals surface area contributed by atoms with Gasteiger partial charge in [-0.3, -0.25) is 0 Å². The molecule has 0 radical (unpaired) electrons. The van der Waals surface area contributed by atoms with E-state index in [0.717, 1.165) is 25.7 Å². The summed E-state index contributed by atoms with van der Waals surface area (Å²) in [6, 6.07) is 22.7. The third-order valence-corrected chi connectivity index (χ3v) is 5.44. The Morgan fingerprint density at radius 3 is 1.08 bits per heavy atom. The summed E-state index contributed by atoms with van der Waals surface area (Å²) in [5.41, 5.74) is 11.4. The van der Waals surface area contributed by atoms with Crippen molar-refractivity contribution in [2.24, 2.45) is 0 Å². The van der Waals surface area contributed by atoms with E-state index in [1.807, 2.05) is 0 Å². The Hall–Kier alpha value is -2.34. The van der Waals surface area contributed by atoms with Crippen molar-refractivity contribution in [1.29, 1.82) is 0 Å². The summed E-state index contributed by atoms with van der Waals surface area (Å²) in [5, 5.41) is 0. The van der Waals surface area contributed by atoms with Crippen molar-refractivity contribution in [3.05, 3.63) is 82.9 Å². The summed E-state index contributed by atoms with van der Waals surface area (Å²) < 4.78 is 0. The molecule has 0 aromatic heterocycles. The second kappa shape index (κ2) is 8.36. The van der Waals surface area contributed by atoms with Gasteiger partial charge in [-0.05, 0) is 76.3 Å². The van der Waals surface area contributed by atoms with E-state index in [9.17, 15) is 0 Å². The first-order valence-corrected chi connectivity index (χ1v) is 10.1. The van der Waals surface area contributed by atoms with Crippen LogP contribution < -0.4 is 0 Å². The Kier molecular flexibility index (Phi) is 5.93. The highest BCUT2D eigenvalue weighted by Gasteiger charge is 2.13. The van der Waals surface area contributed by atoms with E-state index in [1.165, 1.54) is 44.5 Å². The molecule has 0 saturated carbocycles. The Balaban J connectivity index is 2.21. The standard InChI is InChI=1S/C26H30/c1-5-19-12-9-13-20(6-2)25(19)23-16-11-17-24(18-23)26-21(7-3)14-10-15-22(26)8-4/h9-18H,5-8H2,1-4H3. The van der Waals surface area contributed by atoms with Crippen LogP contribution in [-0.2, 0) is 25.7 Å². The van der Waals surface area contributed by atoms with Gasteiger partial charge >= 0.3 is 0 Å². The van der Waals surface area contributed by atoms with Gasteiger partial charge in [0.2, 0.25) is 0 Å². The molecule has 0 aliphatic heterocycles. The molecule has 0 unspecified atom stereocenters. The van der Waals surface area contributed by atoms with Crippen molar-refractivity contribution >= 4 is 0 Å². The van der Waals surface area contributed by atoms with Crippen LogP contribution >= 0.6 is 0 Å². The molecular formula is C26H30. The highest BCUT2D eigenvalue weighted by molar-refractivity contribution is 5.79. The molecule has 26 heavy (non-hydrogen) atoms. The first-order chi connectivity index (χ1) is 12.7. The normalized spacial score (nSPS) is 10.9. The third-order valence-electron chi connectivity index (χ3n) is 5.44. The zero-order valence-corrected chi connectivity index (χ0v) is 16.6. The van der Waals surface area contributed by atoms with Crippen molar-refractivity contribution < 1.29 is 0 Å².